The Labute approximate surface area is 175 Å². The molecule has 0 spiro atoms. The Morgan fingerprint density at radius 1 is 1.13 bits per heavy atom. The number of aryl methyl sites for hydroxylation is 1. The van der Waals surface area contributed by atoms with Gasteiger partial charge in [-0.15, -0.1) is 0 Å². The summed E-state index contributed by atoms with van der Waals surface area (Å²) in [5, 5.41) is 6.98. The van der Waals surface area contributed by atoms with Gasteiger partial charge in [0, 0.05) is 69.2 Å². The molecule has 0 aliphatic carbocycles. The highest BCUT2D eigenvalue weighted by atomic mass is 16.5. The normalized spacial score (nSPS) is 14.6. The van der Waals surface area contributed by atoms with Crippen LogP contribution < -0.4 is 10.2 Å². The molecule has 0 radical (unpaired) electrons. The van der Waals surface area contributed by atoms with Gasteiger partial charge in [-0.3, -0.25) is 9.78 Å². The van der Waals surface area contributed by atoms with Crippen molar-refractivity contribution in [3.63, 3.8) is 0 Å². The maximum Gasteiger partial charge on any atom is 0.227 e. The third-order valence-electron chi connectivity index (χ3n) is 5.27. The summed E-state index contributed by atoms with van der Waals surface area (Å²) >= 11 is 0. The van der Waals surface area contributed by atoms with E-state index in [-0.39, 0.29) is 5.91 Å². The van der Waals surface area contributed by atoms with Crippen molar-refractivity contribution in [3.05, 3.63) is 60.2 Å². The van der Waals surface area contributed by atoms with Gasteiger partial charge in [0.25, 0.3) is 0 Å². The minimum atomic E-state index is -0.0377. The molecule has 8 heteroatoms. The lowest BCUT2D eigenvalue weighted by Gasteiger charge is -2.35. The average molecular weight is 406 g/mol. The van der Waals surface area contributed by atoms with Gasteiger partial charge in [0.1, 0.15) is 0 Å². The molecule has 3 heterocycles. The number of hydrogen-bond acceptors (Lipinski definition) is 7. The summed E-state index contributed by atoms with van der Waals surface area (Å²) < 4.78 is 5.26. The number of nitrogens with zero attached hydrogens (tertiary/aromatic N) is 5. The highest BCUT2D eigenvalue weighted by Gasteiger charge is 2.17. The van der Waals surface area contributed by atoms with Crippen LogP contribution in [0.25, 0.3) is 11.4 Å². The standard InChI is InChI=1S/C22H26N6O2/c1-27-11-13-28(14-12-27)19-7-3-2-5-17(19)16-24-20(29)8-9-21-25-22(26-30-21)18-6-4-10-23-15-18/h2-7,10,15H,8-9,11-14,16H2,1H3,(H,24,29). The molecule has 1 saturated heterocycles. The summed E-state index contributed by atoms with van der Waals surface area (Å²) in [6.45, 7) is 4.60. The summed E-state index contributed by atoms with van der Waals surface area (Å²) in [6, 6.07) is 12.0. The molecular weight excluding hydrogens is 380 g/mol. The molecule has 156 valence electrons. The van der Waals surface area contributed by atoms with Gasteiger partial charge in [0.2, 0.25) is 17.6 Å². The molecule has 0 atom stereocenters. The predicted octanol–water partition coefficient (Wildman–Crippen LogP) is 2.13. The molecule has 0 bridgehead atoms. The Morgan fingerprint density at radius 3 is 2.77 bits per heavy atom. The highest BCUT2D eigenvalue weighted by Crippen LogP contribution is 2.21. The van der Waals surface area contributed by atoms with Crippen LogP contribution in [0.4, 0.5) is 5.69 Å². The molecule has 1 aromatic carbocycles. The third kappa shape index (κ3) is 5.01. The van der Waals surface area contributed by atoms with E-state index in [4.69, 9.17) is 4.52 Å². The van der Waals surface area contributed by atoms with Crippen molar-refractivity contribution in [1.29, 1.82) is 0 Å². The van der Waals surface area contributed by atoms with Gasteiger partial charge >= 0.3 is 0 Å². The van der Waals surface area contributed by atoms with Crippen molar-refractivity contribution in [3.8, 4) is 11.4 Å². The number of benzene rings is 1. The van der Waals surface area contributed by atoms with E-state index in [0.29, 0.717) is 31.1 Å². The number of rotatable bonds is 7. The van der Waals surface area contributed by atoms with Crippen LogP contribution in [0.2, 0.25) is 0 Å². The van der Waals surface area contributed by atoms with Crippen LogP contribution in [0.5, 0.6) is 0 Å². The Morgan fingerprint density at radius 2 is 1.97 bits per heavy atom. The molecule has 4 rings (SSSR count). The number of anilines is 1. The molecule has 1 aliphatic rings. The lowest BCUT2D eigenvalue weighted by molar-refractivity contribution is -0.121. The van der Waals surface area contributed by atoms with E-state index in [2.05, 4.69) is 49.4 Å². The van der Waals surface area contributed by atoms with Crippen LogP contribution in [0.1, 0.15) is 17.9 Å². The van der Waals surface area contributed by atoms with Crippen molar-refractivity contribution >= 4 is 11.6 Å². The number of amides is 1. The topological polar surface area (TPSA) is 87.4 Å². The summed E-state index contributed by atoms with van der Waals surface area (Å²) in [7, 11) is 2.15. The SMILES string of the molecule is CN1CCN(c2ccccc2CNC(=O)CCc2nc(-c3cccnc3)no2)CC1. The van der Waals surface area contributed by atoms with Crippen LogP contribution in [0.15, 0.2) is 53.3 Å². The Balaban J connectivity index is 1.29. The fourth-order valence-corrected chi connectivity index (χ4v) is 3.49. The molecular formula is C22H26N6O2. The van der Waals surface area contributed by atoms with Gasteiger partial charge in [-0.1, -0.05) is 23.4 Å². The van der Waals surface area contributed by atoms with Crippen LogP contribution in [0, 0.1) is 0 Å². The van der Waals surface area contributed by atoms with Crippen molar-refractivity contribution in [1.82, 2.24) is 25.3 Å². The number of pyridine rings is 1. The first-order chi connectivity index (χ1) is 14.7. The van der Waals surface area contributed by atoms with Crippen LogP contribution >= 0.6 is 0 Å². The molecule has 2 aromatic heterocycles. The van der Waals surface area contributed by atoms with Crippen molar-refractivity contribution in [2.45, 2.75) is 19.4 Å². The fraction of sp³-hybridized carbons (Fsp3) is 0.364. The fourth-order valence-electron chi connectivity index (χ4n) is 3.49. The van der Waals surface area contributed by atoms with Crippen molar-refractivity contribution in [2.24, 2.45) is 0 Å². The summed E-state index contributed by atoms with van der Waals surface area (Å²) in [6.07, 6.45) is 4.07. The Bertz CT molecular complexity index is 967. The number of likely N-dealkylation sites (N-methyl/N-ethyl adjacent to an activating group) is 1. The molecule has 8 nitrogen and oxygen atoms in total. The van der Waals surface area contributed by atoms with Gasteiger partial charge in [0.05, 0.1) is 0 Å². The number of piperazine rings is 1. The molecule has 1 aliphatic heterocycles. The van der Waals surface area contributed by atoms with Crippen LogP contribution in [0.3, 0.4) is 0 Å². The van der Waals surface area contributed by atoms with E-state index in [1.807, 2.05) is 24.3 Å². The molecule has 30 heavy (non-hydrogen) atoms. The quantitative estimate of drug-likeness (QED) is 0.643. The predicted molar refractivity (Wildman–Crippen MR) is 114 cm³/mol. The van der Waals surface area contributed by atoms with E-state index in [1.54, 1.807) is 12.4 Å². The minimum absolute atomic E-state index is 0.0377. The van der Waals surface area contributed by atoms with Crippen LogP contribution in [-0.2, 0) is 17.8 Å². The van der Waals surface area contributed by atoms with Gasteiger partial charge in [0.15, 0.2) is 0 Å². The maximum atomic E-state index is 12.4. The van der Waals surface area contributed by atoms with Gasteiger partial charge in [-0.2, -0.15) is 4.98 Å². The van der Waals surface area contributed by atoms with E-state index in [9.17, 15) is 4.79 Å². The molecule has 0 unspecified atom stereocenters. The van der Waals surface area contributed by atoms with Crippen LogP contribution in [-0.4, -0.2) is 59.2 Å². The Kier molecular flexibility index (Phi) is 6.34. The first-order valence-corrected chi connectivity index (χ1v) is 10.2. The minimum Gasteiger partial charge on any atom is -0.369 e. The second-order valence-corrected chi connectivity index (χ2v) is 7.45. The van der Waals surface area contributed by atoms with Crippen molar-refractivity contribution < 1.29 is 9.32 Å². The lowest BCUT2D eigenvalue weighted by atomic mass is 10.1. The summed E-state index contributed by atoms with van der Waals surface area (Å²) in [5.74, 6) is 0.894. The highest BCUT2D eigenvalue weighted by molar-refractivity contribution is 5.76. The molecule has 1 fully saturated rings. The van der Waals surface area contributed by atoms with Gasteiger partial charge < -0.3 is 19.6 Å². The van der Waals surface area contributed by atoms with E-state index in [0.717, 1.165) is 37.3 Å². The largest absolute Gasteiger partial charge is 0.369 e. The number of para-hydroxylation sites is 1. The number of hydrogen-bond donors (Lipinski definition) is 1. The second kappa shape index (κ2) is 9.49. The van der Waals surface area contributed by atoms with Crippen molar-refractivity contribution in [2.75, 3.05) is 38.1 Å². The van der Waals surface area contributed by atoms with E-state index >= 15 is 0 Å². The zero-order valence-electron chi connectivity index (χ0n) is 17.1. The summed E-state index contributed by atoms with van der Waals surface area (Å²) in [4.78, 5) is 25.5. The zero-order chi connectivity index (χ0) is 20.8. The number of aromatic nitrogens is 3. The Hall–Kier alpha value is -3.26. The summed E-state index contributed by atoms with van der Waals surface area (Å²) in [5.41, 5.74) is 3.12. The van der Waals surface area contributed by atoms with Gasteiger partial charge in [-0.25, -0.2) is 0 Å². The second-order valence-electron chi connectivity index (χ2n) is 7.45. The molecule has 1 N–H and O–H groups in total. The smallest absolute Gasteiger partial charge is 0.227 e. The number of carbonyl (C=O) groups is 1. The zero-order valence-corrected chi connectivity index (χ0v) is 17.1. The monoisotopic (exact) mass is 406 g/mol. The van der Waals surface area contributed by atoms with E-state index < -0.39 is 0 Å². The molecule has 1 amide bonds. The average Bonchev–Trinajstić information content (AvgIpc) is 3.27. The first kappa shape index (κ1) is 20.0. The molecule has 3 aromatic rings. The number of nitrogens with one attached hydrogen (secondary N) is 1. The lowest BCUT2D eigenvalue weighted by Crippen LogP contribution is -2.45. The van der Waals surface area contributed by atoms with E-state index in [1.165, 1.54) is 5.69 Å². The molecule has 0 saturated carbocycles. The number of carbonyl (C=O) groups excluding carboxylic acids is 1. The maximum absolute atomic E-state index is 12.4. The third-order valence-corrected chi connectivity index (χ3v) is 5.27. The first-order valence-electron chi connectivity index (χ1n) is 10.2. The van der Waals surface area contributed by atoms with Gasteiger partial charge in [-0.05, 0) is 30.8 Å².